The number of nitrogens with one attached hydrogen (secondary N) is 1. The molecule has 24 heavy (non-hydrogen) atoms. The number of fused-ring (bicyclic) bond motifs is 1. The van der Waals surface area contributed by atoms with E-state index in [0.717, 1.165) is 21.4 Å². The summed E-state index contributed by atoms with van der Waals surface area (Å²) in [6.45, 7) is 1.70. The number of carbonyl (C=O) groups excluding carboxylic acids is 1. The van der Waals surface area contributed by atoms with Crippen molar-refractivity contribution in [1.29, 1.82) is 0 Å². The molecule has 0 saturated carbocycles. The van der Waals surface area contributed by atoms with Gasteiger partial charge in [0.2, 0.25) is 0 Å². The van der Waals surface area contributed by atoms with Crippen molar-refractivity contribution in [3.05, 3.63) is 56.1 Å². The highest BCUT2D eigenvalue weighted by atomic mass is 35.5. The molecule has 0 spiro atoms. The number of amides is 1. The van der Waals surface area contributed by atoms with Crippen LogP contribution in [0.25, 0.3) is 10.1 Å². The van der Waals surface area contributed by atoms with Crippen molar-refractivity contribution in [2.45, 2.75) is 6.92 Å². The number of aromatic carboxylic acids is 1. The first-order valence-corrected chi connectivity index (χ1v) is 8.83. The zero-order valence-corrected chi connectivity index (χ0v) is 14.8. The Morgan fingerprint density at radius 2 is 1.83 bits per heavy atom. The van der Waals surface area contributed by atoms with Gasteiger partial charge in [0, 0.05) is 10.1 Å². The molecule has 0 aliphatic heterocycles. The lowest BCUT2D eigenvalue weighted by Gasteiger charge is -2.00. The van der Waals surface area contributed by atoms with Crippen LogP contribution in [0.1, 0.15) is 31.1 Å². The summed E-state index contributed by atoms with van der Waals surface area (Å²) in [5.74, 6) is -1.38. The van der Waals surface area contributed by atoms with Gasteiger partial charge in [-0.3, -0.25) is 4.79 Å². The predicted molar refractivity (Wildman–Crippen MR) is 97.8 cm³/mol. The van der Waals surface area contributed by atoms with Crippen molar-refractivity contribution >= 4 is 61.9 Å². The molecular weight excluding hydrogens is 368 g/mol. The highest BCUT2D eigenvalue weighted by Crippen LogP contribution is 2.34. The Morgan fingerprint density at radius 1 is 1.12 bits per heavy atom. The van der Waals surface area contributed by atoms with E-state index >= 15 is 0 Å². The molecule has 5 nitrogen and oxygen atoms in total. The number of rotatable bonds is 4. The normalized spacial score (nSPS) is 11.7. The number of hydrogen-bond acceptors (Lipinski definition) is 5. The third-order valence-electron chi connectivity index (χ3n) is 3.24. The standard InChI is InChI=1S/C16H11ClN2O3S2/c1-8(10-6-7-12(23-10)16(21)22)18-19-15(20)14-13(17)9-4-2-3-5-11(9)24-14/h2-7H,1H3,(H,19,20)(H,21,22)/b18-8-. The van der Waals surface area contributed by atoms with E-state index in [4.69, 9.17) is 16.7 Å². The van der Waals surface area contributed by atoms with Gasteiger partial charge in [0.15, 0.2) is 0 Å². The fraction of sp³-hybridized carbons (Fsp3) is 0.0625. The summed E-state index contributed by atoms with van der Waals surface area (Å²) < 4.78 is 0.928. The maximum atomic E-state index is 12.3. The Bertz CT molecular complexity index is 975. The Morgan fingerprint density at radius 3 is 2.50 bits per heavy atom. The predicted octanol–water partition coefficient (Wildman–Crippen LogP) is 4.47. The quantitative estimate of drug-likeness (QED) is 0.519. The molecule has 2 N–H and O–H groups in total. The van der Waals surface area contributed by atoms with E-state index in [1.807, 2.05) is 24.3 Å². The first-order valence-electron chi connectivity index (χ1n) is 6.82. The van der Waals surface area contributed by atoms with E-state index in [1.54, 1.807) is 13.0 Å². The molecule has 2 aromatic heterocycles. The lowest BCUT2D eigenvalue weighted by molar-refractivity contribution is 0.0702. The van der Waals surface area contributed by atoms with Crippen LogP contribution in [0.3, 0.4) is 0 Å². The average molecular weight is 379 g/mol. The van der Waals surface area contributed by atoms with Crippen molar-refractivity contribution in [2.24, 2.45) is 5.10 Å². The van der Waals surface area contributed by atoms with Crippen LogP contribution in [0.15, 0.2) is 41.5 Å². The Labute approximate surface area is 150 Å². The number of carboxylic acids is 1. The third kappa shape index (κ3) is 3.19. The van der Waals surface area contributed by atoms with Crippen LogP contribution in [-0.2, 0) is 0 Å². The second-order valence-electron chi connectivity index (χ2n) is 4.85. The van der Waals surface area contributed by atoms with E-state index in [9.17, 15) is 9.59 Å². The van der Waals surface area contributed by atoms with Crippen LogP contribution >= 0.6 is 34.3 Å². The average Bonchev–Trinajstić information content (AvgIpc) is 3.18. The molecule has 3 aromatic rings. The fourth-order valence-corrected chi connectivity index (χ4v) is 4.24. The molecule has 0 radical (unpaired) electrons. The molecule has 0 atom stereocenters. The first kappa shape index (κ1) is 16.6. The maximum absolute atomic E-state index is 12.3. The van der Waals surface area contributed by atoms with Crippen molar-refractivity contribution in [3.8, 4) is 0 Å². The summed E-state index contributed by atoms with van der Waals surface area (Å²) in [5.41, 5.74) is 3.00. The van der Waals surface area contributed by atoms with Gasteiger partial charge in [-0.25, -0.2) is 10.2 Å². The number of carbonyl (C=O) groups is 2. The molecule has 122 valence electrons. The number of halogens is 1. The lowest BCUT2D eigenvalue weighted by atomic mass is 10.2. The summed E-state index contributed by atoms with van der Waals surface area (Å²) in [6, 6.07) is 10.7. The molecule has 2 heterocycles. The van der Waals surface area contributed by atoms with Crippen molar-refractivity contribution in [3.63, 3.8) is 0 Å². The van der Waals surface area contributed by atoms with Crippen LogP contribution in [0.5, 0.6) is 0 Å². The minimum atomic E-state index is -0.986. The van der Waals surface area contributed by atoms with Crippen LogP contribution < -0.4 is 5.43 Å². The highest BCUT2D eigenvalue weighted by molar-refractivity contribution is 7.21. The molecular formula is C16H11ClN2O3S2. The minimum Gasteiger partial charge on any atom is -0.477 e. The first-order chi connectivity index (χ1) is 11.5. The topological polar surface area (TPSA) is 78.8 Å². The molecule has 0 fully saturated rings. The molecule has 0 unspecified atom stereocenters. The monoisotopic (exact) mass is 378 g/mol. The Hall–Kier alpha value is -2.22. The molecule has 0 aliphatic rings. The summed E-state index contributed by atoms with van der Waals surface area (Å²) in [7, 11) is 0. The van der Waals surface area contributed by atoms with Gasteiger partial charge >= 0.3 is 5.97 Å². The second kappa shape index (κ2) is 6.72. The SMILES string of the molecule is C/C(=N/NC(=O)c1sc2ccccc2c1Cl)c1ccc(C(=O)O)s1. The third-order valence-corrected chi connectivity index (χ3v) is 6.10. The van der Waals surface area contributed by atoms with E-state index in [2.05, 4.69) is 10.5 Å². The van der Waals surface area contributed by atoms with Crippen LogP contribution in [0.2, 0.25) is 5.02 Å². The number of thiophene rings is 2. The van der Waals surface area contributed by atoms with Gasteiger partial charge in [0.25, 0.3) is 5.91 Å². The molecule has 1 aromatic carbocycles. The fourth-order valence-electron chi connectivity index (χ4n) is 2.05. The smallest absolute Gasteiger partial charge is 0.345 e. The Kier molecular flexibility index (Phi) is 4.66. The van der Waals surface area contributed by atoms with Gasteiger partial charge in [-0.1, -0.05) is 29.8 Å². The number of nitrogens with zero attached hydrogens (tertiary/aromatic N) is 1. The van der Waals surface area contributed by atoms with Gasteiger partial charge in [0.05, 0.1) is 15.6 Å². The van der Waals surface area contributed by atoms with E-state index < -0.39 is 11.9 Å². The number of benzene rings is 1. The van der Waals surface area contributed by atoms with Crippen LogP contribution in [-0.4, -0.2) is 22.7 Å². The number of carboxylic acid groups (broad SMARTS) is 1. The van der Waals surface area contributed by atoms with Gasteiger partial charge in [-0.2, -0.15) is 5.10 Å². The van der Waals surface area contributed by atoms with E-state index in [1.165, 1.54) is 17.4 Å². The summed E-state index contributed by atoms with van der Waals surface area (Å²) in [5, 5.41) is 14.2. The molecule has 1 amide bonds. The number of hydrogen-bond donors (Lipinski definition) is 2. The maximum Gasteiger partial charge on any atom is 0.345 e. The van der Waals surface area contributed by atoms with Gasteiger partial charge < -0.3 is 5.11 Å². The van der Waals surface area contributed by atoms with E-state index in [-0.39, 0.29) is 4.88 Å². The van der Waals surface area contributed by atoms with Crippen LogP contribution in [0, 0.1) is 0 Å². The molecule has 3 rings (SSSR count). The Balaban J connectivity index is 1.80. The molecule has 0 aliphatic carbocycles. The molecule has 8 heteroatoms. The zero-order valence-electron chi connectivity index (χ0n) is 12.4. The van der Waals surface area contributed by atoms with Gasteiger partial charge in [0.1, 0.15) is 9.75 Å². The summed E-state index contributed by atoms with van der Waals surface area (Å²) >= 11 is 8.66. The van der Waals surface area contributed by atoms with Gasteiger partial charge in [-0.05, 0) is 25.1 Å². The van der Waals surface area contributed by atoms with E-state index in [0.29, 0.717) is 20.5 Å². The lowest BCUT2D eigenvalue weighted by Crippen LogP contribution is -2.18. The zero-order chi connectivity index (χ0) is 17.3. The molecule has 0 bridgehead atoms. The molecule has 0 saturated heterocycles. The van der Waals surface area contributed by atoms with Crippen molar-refractivity contribution < 1.29 is 14.7 Å². The number of hydrazone groups is 1. The van der Waals surface area contributed by atoms with Crippen molar-refractivity contribution in [1.82, 2.24) is 5.43 Å². The largest absolute Gasteiger partial charge is 0.477 e. The second-order valence-corrected chi connectivity index (χ2v) is 7.36. The van der Waals surface area contributed by atoms with Crippen LogP contribution in [0.4, 0.5) is 0 Å². The van der Waals surface area contributed by atoms with Gasteiger partial charge in [-0.15, -0.1) is 22.7 Å². The highest BCUT2D eigenvalue weighted by Gasteiger charge is 2.17. The summed E-state index contributed by atoms with van der Waals surface area (Å²) in [4.78, 5) is 24.5. The summed E-state index contributed by atoms with van der Waals surface area (Å²) in [6.07, 6.45) is 0. The van der Waals surface area contributed by atoms with Crippen molar-refractivity contribution in [2.75, 3.05) is 0 Å². The minimum absolute atomic E-state index is 0.221.